The summed E-state index contributed by atoms with van der Waals surface area (Å²) in [5, 5.41) is 7.29. The Bertz CT molecular complexity index is 51.9. The molecule has 0 saturated heterocycles. The molecule has 0 unspecified atom stereocenters. The number of rotatable bonds is 1. The first-order valence-corrected chi connectivity index (χ1v) is 1.83. The van der Waals surface area contributed by atoms with Crippen molar-refractivity contribution in [1.82, 2.24) is 0 Å². The van der Waals surface area contributed by atoms with E-state index in [1.807, 2.05) is 0 Å². The van der Waals surface area contributed by atoms with E-state index in [9.17, 15) is 0 Å². The Hall–Kier alpha value is -0.400. The Labute approximate surface area is 30.9 Å². The van der Waals surface area contributed by atoms with Crippen LogP contribution in [0.25, 0.3) is 0 Å². The van der Waals surface area contributed by atoms with E-state index in [-0.39, 0.29) is 0 Å². The zero-order chi connectivity index (χ0) is 3.70. The van der Waals surface area contributed by atoms with Crippen LogP contribution < -0.4 is 0 Å². The van der Waals surface area contributed by atoms with Crippen LogP contribution in [-0.2, 0) is 0 Å². The van der Waals surface area contributed by atoms with E-state index in [0.717, 1.165) is 6.42 Å². The van der Waals surface area contributed by atoms with Gasteiger partial charge in [0.05, 0.1) is 0 Å². The molecule has 0 amide bonds. The maximum atomic E-state index is 3.65. The first-order chi connectivity index (χ1) is 2.43. The molecule has 0 aromatic carbocycles. The number of hydrogen-bond acceptors (Lipinski definition) is 2. The molecule has 0 fully saturated rings. The highest BCUT2D eigenvalue weighted by atomic mass is 15.4. The molecule has 0 aromatic rings. The summed E-state index contributed by atoms with van der Waals surface area (Å²) in [7, 11) is 0. The summed E-state index contributed by atoms with van der Waals surface area (Å²) in [6.07, 6.45) is 1.47. The third-order valence-corrected chi connectivity index (χ3v) is 0.644. The van der Waals surface area contributed by atoms with Crippen LogP contribution in [0.3, 0.4) is 0 Å². The fraction of sp³-hybridized carbons (Fsp3) is 1.00. The van der Waals surface area contributed by atoms with E-state index in [2.05, 4.69) is 17.2 Å². The van der Waals surface area contributed by atoms with Gasteiger partial charge in [-0.2, -0.15) is 10.2 Å². The largest absolute Gasteiger partial charge is 0.180 e. The smallest absolute Gasteiger partial charge is 0.163 e. The van der Waals surface area contributed by atoms with Crippen LogP contribution in [0, 0.1) is 0 Å². The highest BCUT2D eigenvalue weighted by molar-refractivity contribution is 4.65. The Morgan fingerprint density at radius 3 is 2.20 bits per heavy atom. The Morgan fingerprint density at radius 2 is 2.20 bits per heavy atom. The second-order valence-electron chi connectivity index (χ2n) is 1.12. The number of nitrogens with zero attached hydrogens (tertiary/aromatic N) is 2. The fourth-order valence-corrected chi connectivity index (χ4v) is 0.210. The van der Waals surface area contributed by atoms with E-state index >= 15 is 0 Å². The minimum absolute atomic E-state index is 0.384. The van der Waals surface area contributed by atoms with Crippen molar-refractivity contribution in [2.45, 2.75) is 19.5 Å². The SMILES string of the molecule is CCC1N=N1. The highest BCUT2D eigenvalue weighted by Gasteiger charge is 2.09. The average Bonchev–Trinajstić information content (AvgIpc) is 2.12. The quantitative estimate of drug-likeness (QED) is 0.442. The van der Waals surface area contributed by atoms with Crippen molar-refractivity contribution in [2.24, 2.45) is 10.2 Å². The molecule has 1 aliphatic rings. The van der Waals surface area contributed by atoms with Gasteiger partial charge < -0.3 is 0 Å². The molecule has 0 atom stereocenters. The van der Waals surface area contributed by atoms with Crippen molar-refractivity contribution in [3.05, 3.63) is 0 Å². The summed E-state index contributed by atoms with van der Waals surface area (Å²) < 4.78 is 0. The molecule has 0 aliphatic carbocycles. The van der Waals surface area contributed by atoms with Gasteiger partial charge in [-0.05, 0) is 6.42 Å². The maximum absolute atomic E-state index is 3.65. The summed E-state index contributed by atoms with van der Waals surface area (Å²) in [5.41, 5.74) is 0. The lowest BCUT2D eigenvalue weighted by molar-refractivity contribution is 0.870. The minimum atomic E-state index is 0.384. The Kier molecular flexibility index (Phi) is 0.437. The second-order valence-corrected chi connectivity index (χ2v) is 1.12. The normalized spacial score (nSPS) is 20.2. The summed E-state index contributed by atoms with van der Waals surface area (Å²) in [6, 6.07) is 0. The predicted molar refractivity (Wildman–Crippen MR) is 18.9 cm³/mol. The van der Waals surface area contributed by atoms with Crippen LogP contribution in [0.4, 0.5) is 0 Å². The van der Waals surface area contributed by atoms with Crippen molar-refractivity contribution in [2.75, 3.05) is 0 Å². The van der Waals surface area contributed by atoms with Gasteiger partial charge in [0.25, 0.3) is 0 Å². The lowest BCUT2D eigenvalue weighted by Gasteiger charge is -1.68. The van der Waals surface area contributed by atoms with Gasteiger partial charge in [-0.3, -0.25) is 0 Å². The predicted octanol–water partition coefficient (Wildman–Crippen LogP) is 1.19. The first kappa shape index (κ1) is 2.82. The van der Waals surface area contributed by atoms with Gasteiger partial charge in [0, 0.05) is 0 Å². The Morgan fingerprint density at radius 1 is 1.60 bits per heavy atom. The maximum Gasteiger partial charge on any atom is 0.180 e. The molecule has 2 nitrogen and oxygen atoms in total. The van der Waals surface area contributed by atoms with Crippen molar-refractivity contribution in [3.63, 3.8) is 0 Å². The number of hydrogen-bond donors (Lipinski definition) is 0. The topological polar surface area (TPSA) is 24.7 Å². The molecule has 0 radical (unpaired) electrons. The third kappa shape index (κ3) is 0.436. The van der Waals surface area contributed by atoms with Gasteiger partial charge in [-0.1, -0.05) is 6.92 Å². The van der Waals surface area contributed by atoms with Crippen LogP contribution >= 0.6 is 0 Å². The van der Waals surface area contributed by atoms with Crippen LogP contribution in [0.1, 0.15) is 13.3 Å². The van der Waals surface area contributed by atoms with Gasteiger partial charge in [0.1, 0.15) is 0 Å². The molecule has 2 heteroatoms. The summed E-state index contributed by atoms with van der Waals surface area (Å²) >= 11 is 0. The van der Waals surface area contributed by atoms with Crippen LogP contribution in [0.2, 0.25) is 0 Å². The molecule has 0 bridgehead atoms. The standard InChI is InChI=1S/C3H6N2/c1-2-3-4-5-3/h3H,2H2,1H3. The van der Waals surface area contributed by atoms with E-state index < -0.39 is 0 Å². The zero-order valence-electron chi connectivity index (χ0n) is 3.18. The first-order valence-electron chi connectivity index (χ1n) is 1.83. The molecule has 5 heavy (non-hydrogen) atoms. The molecule has 0 saturated carbocycles. The lowest BCUT2D eigenvalue weighted by atomic mass is 10.5. The molecule has 28 valence electrons. The van der Waals surface area contributed by atoms with Gasteiger partial charge in [-0.15, -0.1) is 0 Å². The van der Waals surface area contributed by atoms with Crippen LogP contribution in [-0.4, -0.2) is 6.17 Å². The van der Waals surface area contributed by atoms with Crippen LogP contribution in [0.15, 0.2) is 10.2 Å². The van der Waals surface area contributed by atoms with E-state index in [1.165, 1.54) is 0 Å². The van der Waals surface area contributed by atoms with Crippen LogP contribution in [0.5, 0.6) is 0 Å². The second kappa shape index (κ2) is 0.776. The summed E-state index contributed by atoms with van der Waals surface area (Å²) in [5.74, 6) is 0. The minimum Gasteiger partial charge on any atom is -0.163 e. The monoisotopic (exact) mass is 70.1 g/mol. The molecule has 1 aliphatic heterocycles. The van der Waals surface area contributed by atoms with Gasteiger partial charge >= 0.3 is 0 Å². The van der Waals surface area contributed by atoms with Crippen molar-refractivity contribution in [1.29, 1.82) is 0 Å². The van der Waals surface area contributed by atoms with E-state index in [4.69, 9.17) is 0 Å². The molecular weight excluding hydrogens is 64.0 g/mol. The Balaban J connectivity index is 2.06. The molecule has 0 spiro atoms. The molecule has 1 heterocycles. The molecule has 1 rings (SSSR count). The molecule has 0 N–H and O–H groups in total. The van der Waals surface area contributed by atoms with Gasteiger partial charge in [0.15, 0.2) is 6.17 Å². The van der Waals surface area contributed by atoms with Gasteiger partial charge in [0.2, 0.25) is 0 Å². The zero-order valence-corrected chi connectivity index (χ0v) is 3.18. The van der Waals surface area contributed by atoms with E-state index in [1.54, 1.807) is 0 Å². The molecular formula is C3H6N2. The van der Waals surface area contributed by atoms with Crippen molar-refractivity contribution in [3.8, 4) is 0 Å². The van der Waals surface area contributed by atoms with Crippen molar-refractivity contribution < 1.29 is 0 Å². The van der Waals surface area contributed by atoms with E-state index in [0.29, 0.717) is 6.17 Å². The summed E-state index contributed by atoms with van der Waals surface area (Å²) in [4.78, 5) is 0. The fourth-order valence-electron chi connectivity index (χ4n) is 0.210. The molecule has 0 aromatic heterocycles. The lowest BCUT2D eigenvalue weighted by Crippen LogP contribution is -1.72. The van der Waals surface area contributed by atoms with Crippen molar-refractivity contribution >= 4 is 0 Å². The summed E-state index contributed by atoms with van der Waals surface area (Å²) in [6.45, 7) is 2.07. The average molecular weight is 70.1 g/mol. The third-order valence-electron chi connectivity index (χ3n) is 0.644. The highest BCUT2D eigenvalue weighted by Crippen LogP contribution is 2.12. The van der Waals surface area contributed by atoms with Gasteiger partial charge in [-0.25, -0.2) is 0 Å².